The van der Waals surface area contributed by atoms with Crippen molar-refractivity contribution in [1.29, 1.82) is 0 Å². The Bertz CT molecular complexity index is 769. The summed E-state index contributed by atoms with van der Waals surface area (Å²) in [6.07, 6.45) is 1.50. The van der Waals surface area contributed by atoms with Gasteiger partial charge in [-0.2, -0.15) is 5.10 Å². The third-order valence-corrected chi connectivity index (χ3v) is 3.87. The maximum Gasteiger partial charge on any atom is 0.240 e. The van der Waals surface area contributed by atoms with Crippen molar-refractivity contribution in [1.82, 2.24) is 10.2 Å². The molecule has 0 radical (unpaired) electrons. The smallest absolute Gasteiger partial charge is 0.240 e. The van der Waals surface area contributed by atoms with Gasteiger partial charge < -0.3 is 10.6 Å². The lowest BCUT2D eigenvalue weighted by molar-refractivity contribution is -0.125. The number of rotatable bonds is 0. The van der Waals surface area contributed by atoms with Crippen LogP contribution in [0.2, 0.25) is 0 Å². The zero-order chi connectivity index (χ0) is 13.9. The monoisotopic (exact) mass is 272 g/mol. The molecule has 1 spiro atoms. The molecule has 20 heavy (non-hydrogen) atoms. The number of amides is 2. The third kappa shape index (κ3) is 1.19. The number of carbonyl (C=O) groups excluding carboxylic acids is 2. The van der Waals surface area contributed by atoms with E-state index in [4.69, 9.17) is 0 Å². The molecule has 0 saturated heterocycles. The fourth-order valence-corrected chi connectivity index (χ4v) is 3.01. The van der Waals surface area contributed by atoms with Gasteiger partial charge in [0.2, 0.25) is 11.8 Å². The van der Waals surface area contributed by atoms with Crippen LogP contribution in [-0.4, -0.2) is 22.0 Å². The van der Waals surface area contributed by atoms with Crippen molar-refractivity contribution >= 4 is 23.3 Å². The molecule has 1 atom stereocenters. The highest BCUT2D eigenvalue weighted by Crippen LogP contribution is 2.49. The highest BCUT2D eigenvalue weighted by atomic mass is 19.1. The first-order chi connectivity index (χ1) is 9.61. The first-order valence-electron chi connectivity index (χ1n) is 6.06. The molecular weight excluding hydrogens is 263 g/mol. The van der Waals surface area contributed by atoms with E-state index >= 15 is 0 Å². The SMILES string of the molecule is O=C1C[C@@]2(C(=O)Nc3cc(F)ccc32)c2cn[nH]c2N1. The summed E-state index contributed by atoms with van der Waals surface area (Å²) in [6, 6.07) is 4.08. The van der Waals surface area contributed by atoms with Crippen LogP contribution in [0, 0.1) is 5.82 Å². The van der Waals surface area contributed by atoms with Gasteiger partial charge in [0.15, 0.2) is 0 Å². The fourth-order valence-electron chi connectivity index (χ4n) is 3.01. The second-order valence-electron chi connectivity index (χ2n) is 4.93. The molecule has 7 heteroatoms. The zero-order valence-electron chi connectivity index (χ0n) is 10.2. The zero-order valence-corrected chi connectivity index (χ0v) is 10.2. The number of benzene rings is 1. The molecule has 0 unspecified atom stereocenters. The van der Waals surface area contributed by atoms with Gasteiger partial charge in [-0.25, -0.2) is 4.39 Å². The highest BCUT2D eigenvalue weighted by Gasteiger charge is 2.53. The number of nitrogens with zero attached hydrogens (tertiary/aromatic N) is 1. The largest absolute Gasteiger partial charge is 0.325 e. The number of anilines is 2. The van der Waals surface area contributed by atoms with E-state index in [0.717, 1.165) is 0 Å². The lowest BCUT2D eigenvalue weighted by Gasteiger charge is -2.30. The standard InChI is InChI=1S/C13H9FN4O2/c14-6-1-2-7-9(3-6)16-12(20)13(7)4-10(19)17-11-8(13)5-15-18-11/h1-3,5H,4H2,(H,16,20)(H2,15,17,18,19)/t13-/m0/s1. The minimum absolute atomic E-state index is 0.0238. The summed E-state index contributed by atoms with van der Waals surface area (Å²) >= 11 is 0. The first kappa shape index (κ1) is 11.2. The summed E-state index contributed by atoms with van der Waals surface area (Å²) in [7, 11) is 0. The van der Waals surface area contributed by atoms with Crippen molar-refractivity contribution in [3.8, 4) is 0 Å². The van der Waals surface area contributed by atoms with Crippen LogP contribution in [0.5, 0.6) is 0 Å². The lowest BCUT2D eigenvalue weighted by atomic mass is 9.72. The van der Waals surface area contributed by atoms with Gasteiger partial charge in [0.25, 0.3) is 0 Å². The molecule has 0 aliphatic carbocycles. The number of hydrogen-bond donors (Lipinski definition) is 3. The molecule has 6 nitrogen and oxygen atoms in total. The van der Waals surface area contributed by atoms with Crippen LogP contribution in [0.15, 0.2) is 24.4 Å². The van der Waals surface area contributed by atoms with Gasteiger partial charge in [-0.3, -0.25) is 14.7 Å². The van der Waals surface area contributed by atoms with Gasteiger partial charge in [-0.15, -0.1) is 0 Å². The molecule has 2 aromatic rings. The Kier molecular flexibility index (Phi) is 1.92. The Morgan fingerprint density at radius 3 is 2.90 bits per heavy atom. The Hall–Kier alpha value is -2.70. The molecule has 100 valence electrons. The van der Waals surface area contributed by atoms with Crippen LogP contribution in [0.3, 0.4) is 0 Å². The van der Waals surface area contributed by atoms with Gasteiger partial charge in [-0.05, 0) is 17.7 Å². The van der Waals surface area contributed by atoms with E-state index in [-0.39, 0.29) is 18.2 Å². The average molecular weight is 272 g/mol. The Labute approximate surface area is 112 Å². The van der Waals surface area contributed by atoms with Gasteiger partial charge in [0.1, 0.15) is 17.1 Å². The van der Waals surface area contributed by atoms with Crippen LogP contribution in [0.4, 0.5) is 15.9 Å². The van der Waals surface area contributed by atoms with Gasteiger partial charge >= 0.3 is 0 Å². The summed E-state index contributed by atoms with van der Waals surface area (Å²) in [4.78, 5) is 24.4. The molecule has 2 aliphatic heterocycles. The number of carbonyl (C=O) groups is 2. The van der Waals surface area contributed by atoms with E-state index in [1.807, 2.05) is 0 Å². The maximum atomic E-state index is 13.3. The Morgan fingerprint density at radius 2 is 2.05 bits per heavy atom. The van der Waals surface area contributed by atoms with Crippen LogP contribution in [-0.2, 0) is 15.0 Å². The van der Waals surface area contributed by atoms with E-state index in [1.165, 1.54) is 24.4 Å². The van der Waals surface area contributed by atoms with E-state index in [0.29, 0.717) is 22.6 Å². The van der Waals surface area contributed by atoms with Crippen molar-refractivity contribution in [3.63, 3.8) is 0 Å². The van der Waals surface area contributed by atoms with Crippen LogP contribution in [0.1, 0.15) is 17.5 Å². The van der Waals surface area contributed by atoms with Gasteiger partial charge in [0.05, 0.1) is 6.20 Å². The lowest BCUT2D eigenvalue weighted by Crippen LogP contribution is -2.43. The van der Waals surface area contributed by atoms with Crippen LogP contribution in [0.25, 0.3) is 0 Å². The van der Waals surface area contributed by atoms with Crippen molar-refractivity contribution in [2.24, 2.45) is 0 Å². The van der Waals surface area contributed by atoms with Crippen molar-refractivity contribution < 1.29 is 14.0 Å². The second kappa shape index (κ2) is 3.44. The number of halogens is 1. The molecule has 4 rings (SSSR count). The maximum absolute atomic E-state index is 13.3. The Morgan fingerprint density at radius 1 is 1.20 bits per heavy atom. The first-order valence-corrected chi connectivity index (χ1v) is 6.06. The second-order valence-corrected chi connectivity index (χ2v) is 4.93. The summed E-state index contributed by atoms with van der Waals surface area (Å²) in [5.74, 6) is -0.646. The van der Waals surface area contributed by atoms with E-state index in [9.17, 15) is 14.0 Å². The summed E-state index contributed by atoms with van der Waals surface area (Å²) in [6.45, 7) is 0. The van der Waals surface area contributed by atoms with Crippen molar-refractivity contribution in [2.45, 2.75) is 11.8 Å². The topological polar surface area (TPSA) is 86.9 Å². The number of nitrogens with one attached hydrogen (secondary N) is 3. The third-order valence-electron chi connectivity index (χ3n) is 3.87. The van der Waals surface area contributed by atoms with Crippen molar-refractivity contribution in [3.05, 3.63) is 41.3 Å². The molecule has 0 saturated carbocycles. The molecule has 0 bridgehead atoms. The molecule has 3 heterocycles. The fraction of sp³-hybridized carbons (Fsp3) is 0.154. The summed E-state index contributed by atoms with van der Waals surface area (Å²) in [5, 5.41) is 11.8. The predicted octanol–water partition coefficient (Wildman–Crippen LogP) is 1.13. The van der Waals surface area contributed by atoms with Crippen molar-refractivity contribution in [2.75, 3.05) is 10.6 Å². The summed E-state index contributed by atoms with van der Waals surface area (Å²) in [5.41, 5.74) is 0.464. The molecular formula is C13H9FN4O2. The summed E-state index contributed by atoms with van der Waals surface area (Å²) < 4.78 is 13.3. The number of aromatic amines is 1. The number of H-pyrrole nitrogens is 1. The minimum Gasteiger partial charge on any atom is -0.325 e. The quantitative estimate of drug-likeness (QED) is 0.672. The predicted molar refractivity (Wildman–Crippen MR) is 67.6 cm³/mol. The number of hydrogen-bond acceptors (Lipinski definition) is 3. The molecule has 0 fully saturated rings. The number of aromatic nitrogens is 2. The van der Waals surface area contributed by atoms with E-state index in [1.54, 1.807) is 0 Å². The van der Waals surface area contributed by atoms with Crippen LogP contribution >= 0.6 is 0 Å². The Balaban J connectivity index is 2.03. The number of fused-ring (bicyclic) bond motifs is 4. The normalized spacial score (nSPS) is 23.2. The van der Waals surface area contributed by atoms with Gasteiger partial charge in [0, 0.05) is 17.7 Å². The van der Waals surface area contributed by atoms with E-state index < -0.39 is 11.2 Å². The highest BCUT2D eigenvalue weighted by molar-refractivity contribution is 6.14. The van der Waals surface area contributed by atoms with Crippen LogP contribution < -0.4 is 10.6 Å². The minimum atomic E-state index is -1.13. The van der Waals surface area contributed by atoms with E-state index in [2.05, 4.69) is 20.8 Å². The van der Waals surface area contributed by atoms with Gasteiger partial charge in [-0.1, -0.05) is 6.07 Å². The average Bonchev–Trinajstić information content (AvgIpc) is 2.94. The molecule has 1 aromatic heterocycles. The molecule has 2 amide bonds. The molecule has 1 aromatic carbocycles. The molecule has 3 N–H and O–H groups in total. The molecule has 2 aliphatic rings.